The van der Waals surface area contributed by atoms with Gasteiger partial charge in [0.05, 0.1) is 12.2 Å². The van der Waals surface area contributed by atoms with Crippen molar-refractivity contribution in [1.29, 1.82) is 0 Å². The van der Waals surface area contributed by atoms with E-state index in [9.17, 15) is 9.59 Å². The summed E-state index contributed by atoms with van der Waals surface area (Å²) < 4.78 is 10.4. The molecule has 0 aliphatic rings. The second kappa shape index (κ2) is 10.5. The molecule has 0 radical (unpaired) electrons. The van der Waals surface area contributed by atoms with Crippen LogP contribution in [0.1, 0.15) is 47.1 Å². The first-order valence-electron chi connectivity index (χ1n) is 8.46. The van der Waals surface area contributed by atoms with Gasteiger partial charge in [-0.3, -0.25) is 9.69 Å². The predicted octanol–water partition coefficient (Wildman–Crippen LogP) is 4.88. The summed E-state index contributed by atoms with van der Waals surface area (Å²) in [7, 11) is 0. The Morgan fingerprint density at radius 3 is 2.20 bits per heavy atom. The first-order chi connectivity index (χ1) is 11.6. The summed E-state index contributed by atoms with van der Waals surface area (Å²) in [5.74, 6) is -0.383. The quantitative estimate of drug-likeness (QED) is 0.561. The third-order valence-electron chi connectivity index (χ3n) is 2.88. The van der Waals surface area contributed by atoms with Crippen LogP contribution in [0.25, 0.3) is 0 Å². The van der Waals surface area contributed by atoms with Gasteiger partial charge in [0.25, 0.3) is 0 Å². The highest BCUT2D eigenvalue weighted by atomic mass is 16.6. The maximum absolute atomic E-state index is 12.5. The van der Waals surface area contributed by atoms with Crippen molar-refractivity contribution in [2.75, 3.05) is 18.1 Å². The lowest BCUT2D eigenvalue weighted by Gasteiger charge is -2.29. The first kappa shape index (κ1) is 22.7. The standard InChI is InChI=1S/C18H25NO4.C2H6/c1-13(12-22-15(3)20)11-19(17(21)23-18(4,5)6)16-10-8-7-9-14(16)2;1-2/h7-10H,1,11-12H2,2-6H3;1-2H3. The van der Waals surface area contributed by atoms with Crippen molar-refractivity contribution in [3.63, 3.8) is 0 Å². The number of benzene rings is 1. The fourth-order valence-corrected chi connectivity index (χ4v) is 1.90. The van der Waals surface area contributed by atoms with Gasteiger partial charge in [-0.2, -0.15) is 0 Å². The van der Waals surface area contributed by atoms with Crippen molar-refractivity contribution in [3.05, 3.63) is 42.0 Å². The van der Waals surface area contributed by atoms with Gasteiger partial charge in [-0.25, -0.2) is 4.79 Å². The Hall–Kier alpha value is -2.30. The van der Waals surface area contributed by atoms with E-state index in [1.54, 1.807) is 0 Å². The van der Waals surface area contributed by atoms with Crippen LogP contribution in [0, 0.1) is 6.92 Å². The third kappa shape index (κ3) is 8.94. The SMILES string of the molecule is C=C(COC(C)=O)CN(C(=O)OC(C)(C)C)c1ccccc1C.CC. The van der Waals surface area contributed by atoms with Crippen molar-refractivity contribution in [1.82, 2.24) is 0 Å². The molecule has 140 valence electrons. The van der Waals surface area contributed by atoms with Crippen LogP contribution in [0.15, 0.2) is 36.4 Å². The van der Waals surface area contributed by atoms with Gasteiger partial charge in [0.1, 0.15) is 12.2 Å². The smallest absolute Gasteiger partial charge is 0.415 e. The minimum absolute atomic E-state index is 0.0700. The largest absolute Gasteiger partial charge is 0.461 e. The third-order valence-corrected chi connectivity index (χ3v) is 2.88. The summed E-state index contributed by atoms with van der Waals surface area (Å²) in [4.78, 5) is 25.0. The molecular formula is C20H31NO4. The maximum Gasteiger partial charge on any atom is 0.415 e. The summed E-state index contributed by atoms with van der Waals surface area (Å²) in [6.45, 7) is 16.9. The van der Waals surface area contributed by atoms with E-state index in [-0.39, 0.29) is 19.1 Å². The number of carbonyl (C=O) groups is 2. The number of anilines is 1. The molecule has 0 aromatic heterocycles. The van der Waals surface area contributed by atoms with Crippen molar-refractivity contribution >= 4 is 17.7 Å². The fourth-order valence-electron chi connectivity index (χ4n) is 1.90. The Morgan fingerprint density at radius 2 is 1.72 bits per heavy atom. The van der Waals surface area contributed by atoms with E-state index >= 15 is 0 Å². The number of esters is 1. The summed E-state index contributed by atoms with van der Waals surface area (Å²) >= 11 is 0. The number of para-hydroxylation sites is 1. The highest BCUT2D eigenvalue weighted by Gasteiger charge is 2.25. The molecule has 1 aromatic rings. The second-order valence-electron chi connectivity index (χ2n) is 6.38. The predicted molar refractivity (Wildman–Crippen MR) is 102 cm³/mol. The van der Waals surface area contributed by atoms with Crippen molar-refractivity contribution in [3.8, 4) is 0 Å². The molecule has 5 nitrogen and oxygen atoms in total. The number of aryl methyl sites for hydroxylation is 1. The molecule has 0 saturated heterocycles. The summed E-state index contributed by atoms with van der Waals surface area (Å²) in [6, 6.07) is 7.52. The molecule has 0 bridgehead atoms. The maximum atomic E-state index is 12.5. The van der Waals surface area contributed by atoms with Gasteiger partial charge in [-0.05, 0) is 44.9 Å². The van der Waals surface area contributed by atoms with E-state index in [2.05, 4.69) is 6.58 Å². The monoisotopic (exact) mass is 349 g/mol. The van der Waals surface area contributed by atoms with E-state index in [1.165, 1.54) is 11.8 Å². The molecule has 0 fully saturated rings. The van der Waals surface area contributed by atoms with Gasteiger partial charge in [0, 0.05) is 6.92 Å². The highest BCUT2D eigenvalue weighted by Crippen LogP contribution is 2.23. The molecular weight excluding hydrogens is 318 g/mol. The van der Waals surface area contributed by atoms with Gasteiger partial charge in [0.2, 0.25) is 0 Å². The molecule has 0 spiro atoms. The molecule has 0 aliphatic carbocycles. The fraction of sp³-hybridized carbons (Fsp3) is 0.500. The number of amides is 1. The van der Waals surface area contributed by atoms with Gasteiger partial charge in [-0.1, -0.05) is 38.6 Å². The van der Waals surface area contributed by atoms with Crippen LogP contribution in [-0.4, -0.2) is 30.8 Å². The van der Waals surface area contributed by atoms with E-state index in [0.29, 0.717) is 5.57 Å². The zero-order valence-corrected chi connectivity index (χ0v) is 16.5. The Morgan fingerprint density at radius 1 is 1.16 bits per heavy atom. The average Bonchev–Trinajstić information content (AvgIpc) is 2.51. The topological polar surface area (TPSA) is 55.8 Å². The van der Waals surface area contributed by atoms with Crippen LogP contribution in [0.3, 0.4) is 0 Å². The van der Waals surface area contributed by atoms with Gasteiger partial charge in [-0.15, -0.1) is 0 Å². The van der Waals surface area contributed by atoms with Crippen LogP contribution in [-0.2, 0) is 14.3 Å². The average molecular weight is 349 g/mol. The van der Waals surface area contributed by atoms with E-state index < -0.39 is 11.7 Å². The number of carbonyl (C=O) groups excluding carboxylic acids is 2. The molecule has 25 heavy (non-hydrogen) atoms. The number of rotatable bonds is 5. The molecule has 1 amide bonds. The lowest BCUT2D eigenvalue weighted by atomic mass is 10.1. The molecule has 0 heterocycles. The van der Waals surface area contributed by atoms with Crippen molar-refractivity contribution in [2.45, 2.75) is 54.1 Å². The van der Waals surface area contributed by atoms with E-state index in [0.717, 1.165) is 11.3 Å². The lowest BCUT2D eigenvalue weighted by Crippen LogP contribution is -2.38. The van der Waals surface area contributed by atoms with Crippen LogP contribution in [0.2, 0.25) is 0 Å². The molecule has 0 N–H and O–H groups in total. The Labute approximate surface area is 151 Å². The van der Waals surface area contributed by atoms with Crippen molar-refractivity contribution in [2.24, 2.45) is 0 Å². The molecule has 0 unspecified atom stereocenters. The number of ether oxygens (including phenoxy) is 2. The highest BCUT2D eigenvalue weighted by molar-refractivity contribution is 5.89. The zero-order valence-electron chi connectivity index (χ0n) is 16.5. The summed E-state index contributed by atoms with van der Waals surface area (Å²) in [5.41, 5.74) is 1.69. The molecule has 0 aliphatic heterocycles. The van der Waals surface area contributed by atoms with Crippen molar-refractivity contribution < 1.29 is 19.1 Å². The Balaban J connectivity index is 0.00000277. The summed E-state index contributed by atoms with van der Waals surface area (Å²) in [6.07, 6.45) is -0.462. The van der Waals surface area contributed by atoms with Crippen LogP contribution in [0.4, 0.5) is 10.5 Å². The minimum Gasteiger partial charge on any atom is -0.461 e. The molecule has 1 aromatic carbocycles. The molecule has 0 saturated carbocycles. The zero-order chi connectivity index (χ0) is 19.6. The van der Waals surface area contributed by atoms with Crippen LogP contribution in [0.5, 0.6) is 0 Å². The molecule has 5 heteroatoms. The minimum atomic E-state index is -0.602. The Bertz CT molecular complexity index is 588. The molecule has 1 rings (SSSR count). The summed E-state index contributed by atoms with van der Waals surface area (Å²) in [5, 5.41) is 0. The first-order valence-corrected chi connectivity index (χ1v) is 8.46. The molecule has 0 atom stereocenters. The van der Waals surface area contributed by atoms with Crippen LogP contribution >= 0.6 is 0 Å². The number of hydrogen-bond acceptors (Lipinski definition) is 4. The van der Waals surface area contributed by atoms with Crippen LogP contribution < -0.4 is 4.90 Å². The van der Waals surface area contributed by atoms with Gasteiger partial charge < -0.3 is 9.47 Å². The van der Waals surface area contributed by atoms with E-state index in [4.69, 9.17) is 9.47 Å². The number of nitrogens with zero attached hydrogens (tertiary/aromatic N) is 1. The van der Waals surface area contributed by atoms with E-state index in [1.807, 2.05) is 65.8 Å². The number of hydrogen-bond donors (Lipinski definition) is 0. The normalized spacial score (nSPS) is 10.2. The van der Waals surface area contributed by atoms with Gasteiger partial charge >= 0.3 is 12.1 Å². The lowest BCUT2D eigenvalue weighted by molar-refractivity contribution is -0.139. The second-order valence-corrected chi connectivity index (χ2v) is 6.38. The van der Waals surface area contributed by atoms with Gasteiger partial charge in [0.15, 0.2) is 0 Å². The Kier molecular flexibility index (Phi) is 9.57.